The average molecular weight is 465 g/mol. The van der Waals surface area contributed by atoms with Crippen LogP contribution in [0.4, 0.5) is 0 Å². The normalized spacial score (nSPS) is 50.3. The second-order valence-corrected chi connectivity index (χ2v) is 9.38. The molecular formula is C20H40N4O8. The zero-order valence-electron chi connectivity index (χ0n) is 19.0. The third-order valence-corrected chi connectivity index (χ3v) is 6.64. The number of likely N-dealkylation sites (N-methyl/N-ethyl adjacent to an activating group) is 2. The van der Waals surface area contributed by atoms with Gasteiger partial charge in [-0.15, -0.1) is 0 Å². The second kappa shape index (κ2) is 10.8. The molecule has 0 aromatic heterocycles. The molecule has 3 aliphatic rings. The van der Waals surface area contributed by atoms with Crippen LogP contribution in [-0.4, -0.2) is 121 Å². The lowest BCUT2D eigenvalue weighted by Crippen LogP contribution is -2.67. The first-order valence-electron chi connectivity index (χ1n) is 11.3. The van der Waals surface area contributed by atoms with Crippen LogP contribution in [0, 0.1) is 0 Å². The summed E-state index contributed by atoms with van der Waals surface area (Å²) in [7, 11) is 3.43. The Kier molecular flexibility index (Phi) is 8.86. The number of aliphatic hydroxyl groups excluding tert-OH is 3. The summed E-state index contributed by atoms with van der Waals surface area (Å²) in [6.07, 6.45) is -6.12. The lowest BCUT2D eigenvalue weighted by Gasteiger charge is -2.48. The molecule has 0 amide bonds. The summed E-state index contributed by atoms with van der Waals surface area (Å²) in [5.41, 5.74) is 11.0. The molecule has 0 bridgehead atoms. The topological polar surface area (TPSA) is 194 Å². The molecule has 10 N–H and O–H groups in total. The molecule has 2 heterocycles. The molecular weight excluding hydrogens is 424 g/mol. The number of rotatable bonds is 7. The lowest BCUT2D eigenvalue weighted by atomic mass is 9.85. The molecule has 0 spiro atoms. The van der Waals surface area contributed by atoms with Crippen molar-refractivity contribution in [1.82, 2.24) is 10.6 Å². The molecule has 1 aliphatic carbocycles. The molecule has 32 heavy (non-hydrogen) atoms. The quantitative estimate of drug-likeness (QED) is 0.184. The van der Waals surface area contributed by atoms with Crippen molar-refractivity contribution in [1.29, 1.82) is 0 Å². The highest BCUT2D eigenvalue weighted by Crippen LogP contribution is 2.32. The van der Waals surface area contributed by atoms with E-state index >= 15 is 0 Å². The van der Waals surface area contributed by atoms with Crippen LogP contribution < -0.4 is 22.1 Å². The molecule has 188 valence electrons. The Balaban J connectivity index is 1.67. The third-order valence-electron chi connectivity index (χ3n) is 6.64. The molecule has 12 heteroatoms. The fraction of sp³-hybridized carbons (Fsp3) is 1.00. The fourth-order valence-corrected chi connectivity index (χ4v) is 4.83. The van der Waals surface area contributed by atoms with E-state index in [1.807, 2.05) is 7.05 Å². The van der Waals surface area contributed by atoms with Crippen molar-refractivity contribution in [2.24, 2.45) is 11.5 Å². The Morgan fingerprint density at radius 1 is 1.00 bits per heavy atom. The van der Waals surface area contributed by atoms with Gasteiger partial charge in [-0.1, -0.05) is 0 Å². The summed E-state index contributed by atoms with van der Waals surface area (Å²) in [4.78, 5) is 0. The van der Waals surface area contributed by atoms with Crippen LogP contribution in [0.1, 0.15) is 26.2 Å². The van der Waals surface area contributed by atoms with Gasteiger partial charge in [-0.3, -0.25) is 0 Å². The van der Waals surface area contributed by atoms with Crippen LogP contribution in [0.3, 0.4) is 0 Å². The van der Waals surface area contributed by atoms with E-state index in [0.717, 1.165) is 6.42 Å². The second-order valence-electron chi connectivity index (χ2n) is 9.38. The van der Waals surface area contributed by atoms with Gasteiger partial charge in [0.25, 0.3) is 0 Å². The number of aliphatic hydroxyl groups is 4. The van der Waals surface area contributed by atoms with Crippen LogP contribution >= 0.6 is 0 Å². The highest BCUT2D eigenvalue weighted by atomic mass is 16.7. The lowest BCUT2D eigenvalue weighted by molar-refractivity contribution is -0.316. The Morgan fingerprint density at radius 2 is 1.69 bits per heavy atom. The van der Waals surface area contributed by atoms with Crippen LogP contribution in [0.25, 0.3) is 0 Å². The van der Waals surface area contributed by atoms with Gasteiger partial charge in [0.15, 0.2) is 12.6 Å². The number of nitrogens with two attached hydrogens (primary N) is 2. The highest BCUT2D eigenvalue weighted by molar-refractivity contribution is 5.00. The van der Waals surface area contributed by atoms with E-state index in [9.17, 15) is 20.4 Å². The van der Waals surface area contributed by atoms with Gasteiger partial charge in [0, 0.05) is 12.6 Å². The van der Waals surface area contributed by atoms with Crippen LogP contribution in [0.5, 0.6) is 0 Å². The predicted octanol–water partition coefficient (Wildman–Crippen LogP) is -3.68. The van der Waals surface area contributed by atoms with E-state index in [4.69, 9.17) is 30.4 Å². The van der Waals surface area contributed by atoms with Gasteiger partial charge in [0.2, 0.25) is 0 Å². The van der Waals surface area contributed by atoms with Crippen molar-refractivity contribution in [2.75, 3.05) is 27.2 Å². The van der Waals surface area contributed by atoms with Crippen LogP contribution in [-0.2, 0) is 18.9 Å². The molecule has 2 saturated heterocycles. The fourth-order valence-electron chi connectivity index (χ4n) is 4.83. The van der Waals surface area contributed by atoms with E-state index in [1.165, 1.54) is 6.92 Å². The zero-order chi connectivity index (χ0) is 23.6. The highest BCUT2D eigenvalue weighted by Gasteiger charge is 2.51. The SMILES string of the molecule is CNC[C@@H]1CC[C@@H](N)[C@@H](O[C@H]2[C@H](O)[C@@H](O[C@H]3OC[C@](C)(O)[C@H](NC)[C@H]3O)[C@H](O)C[C@@H]2N)O1. The monoisotopic (exact) mass is 464 g/mol. The Hall–Kier alpha value is -0.480. The smallest absolute Gasteiger partial charge is 0.185 e. The Morgan fingerprint density at radius 3 is 2.34 bits per heavy atom. The van der Waals surface area contributed by atoms with E-state index in [-0.39, 0.29) is 25.2 Å². The molecule has 12 atom stereocenters. The molecule has 0 unspecified atom stereocenters. The van der Waals surface area contributed by atoms with Crippen molar-refractivity contribution in [3.63, 3.8) is 0 Å². The summed E-state index contributed by atoms with van der Waals surface area (Å²) in [6, 6.07) is -1.79. The van der Waals surface area contributed by atoms with Gasteiger partial charge < -0.3 is 61.5 Å². The van der Waals surface area contributed by atoms with Crippen molar-refractivity contribution in [3.05, 3.63) is 0 Å². The minimum atomic E-state index is -1.32. The summed E-state index contributed by atoms with van der Waals surface area (Å²) < 4.78 is 23.3. The van der Waals surface area contributed by atoms with Crippen LogP contribution in [0.2, 0.25) is 0 Å². The third kappa shape index (κ3) is 5.59. The maximum Gasteiger partial charge on any atom is 0.185 e. The number of nitrogens with one attached hydrogen (secondary N) is 2. The molecule has 0 aromatic rings. The minimum Gasteiger partial charge on any atom is -0.390 e. The molecule has 0 radical (unpaired) electrons. The van der Waals surface area contributed by atoms with E-state index in [1.54, 1.807) is 7.05 Å². The van der Waals surface area contributed by atoms with E-state index < -0.39 is 60.8 Å². The number of hydrogen-bond acceptors (Lipinski definition) is 12. The van der Waals surface area contributed by atoms with Gasteiger partial charge in [-0.2, -0.15) is 0 Å². The zero-order valence-corrected chi connectivity index (χ0v) is 19.0. The van der Waals surface area contributed by atoms with E-state index in [2.05, 4.69) is 10.6 Å². The summed E-state index contributed by atoms with van der Waals surface area (Å²) in [6.45, 7) is 2.08. The van der Waals surface area contributed by atoms with Gasteiger partial charge in [-0.05, 0) is 40.3 Å². The largest absolute Gasteiger partial charge is 0.390 e. The molecule has 0 aromatic carbocycles. The summed E-state index contributed by atoms with van der Waals surface area (Å²) in [5.74, 6) is 0. The van der Waals surface area contributed by atoms with Crippen LogP contribution in [0.15, 0.2) is 0 Å². The molecule has 3 rings (SSSR count). The predicted molar refractivity (Wildman–Crippen MR) is 113 cm³/mol. The van der Waals surface area contributed by atoms with Crippen molar-refractivity contribution in [2.45, 2.75) is 99.1 Å². The molecule has 1 saturated carbocycles. The standard InChI is InChI=1S/C20H40N4O8/c1-20(28)8-29-19(14(27)17(20)24-3)32-16-12(25)6-11(22)15(13(16)26)31-18-10(21)5-4-9(30-18)7-23-2/h9-19,23-28H,4-8,21-22H2,1-3H3/t9-,10+,11-,12+,13-,14+,15+,16-,17+,18+,19+,20-/m0/s1. The Labute approximate surface area is 188 Å². The van der Waals surface area contributed by atoms with Crippen molar-refractivity contribution < 1.29 is 39.4 Å². The Bertz CT molecular complexity index is 602. The summed E-state index contributed by atoms with van der Waals surface area (Å²) in [5, 5.41) is 48.5. The average Bonchev–Trinajstić information content (AvgIpc) is 2.72. The van der Waals surface area contributed by atoms with Gasteiger partial charge >= 0.3 is 0 Å². The molecule has 3 fully saturated rings. The first-order valence-corrected chi connectivity index (χ1v) is 11.3. The molecule has 12 nitrogen and oxygen atoms in total. The maximum absolute atomic E-state index is 11.0. The minimum absolute atomic E-state index is 0.0727. The maximum atomic E-state index is 11.0. The molecule has 2 aliphatic heterocycles. The first-order chi connectivity index (χ1) is 15.1. The van der Waals surface area contributed by atoms with Crippen molar-refractivity contribution in [3.8, 4) is 0 Å². The number of ether oxygens (including phenoxy) is 4. The van der Waals surface area contributed by atoms with Gasteiger partial charge in [0.05, 0.1) is 30.9 Å². The van der Waals surface area contributed by atoms with Crippen molar-refractivity contribution >= 4 is 0 Å². The number of hydrogen-bond donors (Lipinski definition) is 8. The first kappa shape index (κ1) is 26.1. The van der Waals surface area contributed by atoms with E-state index in [0.29, 0.717) is 13.0 Å². The van der Waals surface area contributed by atoms with Gasteiger partial charge in [-0.25, -0.2) is 0 Å². The van der Waals surface area contributed by atoms with Gasteiger partial charge in [0.1, 0.15) is 30.0 Å². The summed E-state index contributed by atoms with van der Waals surface area (Å²) >= 11 is 0.